The van der Waals surface area contributed by atoms with Crippen LogP contribution in [0.2, 0.25) is 0 Å². The second-order valence-electron chi connectivity index (χ2n) is 7.83. The molecule has 5 aromatic rings. The summed E-state index contributed by atoms with van der Waals surface area (Å²) in [6.45, 7) is 0.809. The van der Waals surface area contributed by atoms with E-state index in [1.165, 1.54) is 6.07 Å². The molecule has 0 aliphatic carbocycles. The Balaban J connectivity index is 1.49. The van der Waals surface area contributed by atoms with Crippen molar-refractivity contribution in [1.82, 2.24) is 0 Å². The van der Waals surface area contributed by atoms with Crippen molar-refractivity contribution in [3.05, 3.63) is 129 Å². The van der Waals surface area contributed by atoms with Gasteiger partial charge in [0.05, 0.1) is 5.39 Å². The summed E-state index contributed by atoms with van der Waals surface area (Å²) in [6.07, 6.45) is 0. The number of fused-ring (bicyclic) bond motifs is 1. The summed E-state index contributed by atoms with van der Waals surface area (Å²) < 4.78 is 19.1. The van der Waals surface area contributed by atoms with Crippen LogP contribution in [-0.4, -0.2) is 0 Å². The van der Waals surface area contributed by atoms with Crippen LogP contribution in [0.25, 0.3) is 22.3 Å². The maximum atomic E-state index is 12.7. The van der Waals surface area contributed by atoms with Crippen LogP contribution in [0.1, 0.15) is 11.1 Å². The van der Waals surface area contributed by atoms with Gasteiger partial charge in [0.15, 0.2) is 16.9 Å². The van der Waals surface area contributed by atoms with Crippen LogP contribution in [-0.2, 0) is 13.2 Å². The molecule has 0 saturated heterocycles. The summed E-state index contributed by atoms with van der Waals surface area (Å²) in [4.78, 5) is 12.7. The van der Waals surface area contributed by atoms with E-state index >= 15 is 0 Å². The molecule has 1 aromatic heterocycles. The number of rotatable bonds is 7. The maximum Gasteiger partial charge on any atom is 0.193 e. The molecule has 0 unspecified atom stereocenters. The molecule has 0 amide bonds. The summed E-state index contributed by atoms with van der Waals surface area (Å²) in [5.74, 6) is 1.67. The quantitative estimate of drug-likeness (QED) is 0.228. The highest BCUT2D eigenvalue weighted by Gasteiger charge is 2.13. The van der Waals surface area contributed by atoms with E-state index in [-0.39, 0.29) is 5.43 Å². The second kappa shape index (κ2) is 9.98. The van der Waals surface area contributed by atoms with Crippen molar-refractivity contribution in [3.8, 4) is 22.8 Å². The minimum atomic E-state index is -0.103. The van der Waals surface area contributed by atoms with Crippen molar-refractivity contribution in [2.24, 2.45) is 0 Å². The fourth-order valence-corrected chi connectivity index (χ4v) is 4.00. The van der Waals surface area contributed by atoms with E-state index in [0.29, 0.717) is 41.4 Å². The van der Waals surface area contributed by atoms with E-state index in [1.54, 1.807) is 12.1 Å². The average molecular weight is 513 g/mol. The van der Waals surface area contributed by atoms with Gasteiger partial charge in [-0.2, -0.15) is 0 Å². The lowest BCUT2D eigenvalue weighted by atomic mass is 10.1. The van der Waals surface area contributed by atoms with Gasteiger partial charge in [-0.15, -0.1) is 0 Å². The van der Waals surface area contributed by atoms with Crippen LogP contribution in [0, 0.1) is 0 Å². The summed E-state index contributed by atoms with van der Waals surface area (Å²) in [7, 11) is 0. The van der Waals surface area contributed by atoms with Crippen LogP contribution in [0.5, 0.6) is 11.5 Å². The number of hydrogen-bond donors (Lipinski definition) is 0. The van der Waals surface area contributed by atoms with Crippen molar-refractivity contribution in [3.63, 3.8) is 0 Å². The van der Waals surface area contributed by atoms with Gasteiger partial charge in [0.1, 0.15) is 24.6 Å². The van der Waals surface area contributed by atoms with Crippen LogP contribution < -0.4 is 14.9 Å². The summed E-state index contributed by atoms with van der Waals surface area (Å²) in [5, 5.41) is 0.529. The fraction of sp³-hybridized carbons (Fsp3) is 0.0690. The third-order valence-corrected chi connectivity index (χ3v) is 5.88. The Hall–Kier alpha value is -3.83. The zero-order chi connectivity index (χ0) is 23.3. The van der Waals surface area contributed by atoms with E-state index in [9.17, 15) is 4.79 Å². The minimum absolute atomic E-state index is 0.103. The van der Waals surface area contributed by atoms with E-state index in [2.05, 4.69) is 15.9 Å². The highest BCUT2D eigenvalue weighted by molar-refractivity contribution is 9.10. The molecule has 1 heterocycles. The van der Waals surface area contributed by atoms with E-state index in [4.69, 9.17) is 13.9 Å². The first-order chi connectivity index (χ1) is 16.7. The van der Waals surface area contributed by atoms with Gasteiger partial charge in [-0.05, 0) is 47.5 Å². The first-order valence-corrected chi connectivity index (χ1v) is 11.7. The Morgan fingerprint density at radius 1 is 0.676 bits per heavy atom. The van der Waals surface area contributed by atoms with Gasteiger partial charge in [-0.25, -0.2) is 0 Å². The van der Waals surface area contributed by atoms with E-state index in [1.807, 2.05) is 84.9 Å². The molecule has 0 N–H and O–H groups in total. The van der Waals surface area contributed by atoms with Gasteiger partial charge in [-0.1, -0.05) is 76.6 Å². The first kappa shape index (κ1) is 22.0. The molecule has 0 fully saturated rings. The molecule has 4 nitrogen and oxygen atoms in total. The largest absolute Gasteiger partial charge is 0.485 e. The Morgan fingerprint density at radius 2 is 1.32 bits per heavy atom. The molecular formula is C29H21BrO4. The molecule has 4 aromatic carbocycles. The molecule has 168 valence electrons. The van der Waals surface area contributed by atoms with E-state index in [0.717, 1.165) is 21.2 Å². The zero-order valence-corrected chi connectivity index (χ0v) is 19.8. The SMILES string of the molecule is O=c1cc(-c2ccc(OCc3ccccc3)c(OCc3ccccc3)c2)oc2ccc(Br)cc12. The fourth-order valence-electron chi connectivity index (χ4n) is 3.63. The Bertz CT molecular complexity index is 1480. The predicted molar refractivity (Wildman–Crippen MR) is 137 cm³/mol. The highest BCUT2D eigenvalue weighted by atomic mass is 79.9. The molecule has 5 heteroatoms. The zero-order valence-electron chi connectivity index (χ0n) is 18.2. The molecule has 0 aliphatic rings. The van der Waals surface area contributed by atoms with Crippen LogP contribution in [0.4, 0.5) is 0 Å². The lowest BCUT2D eigenvalue weighted by Gasteiger charge is -2.15. The maximum absolute atomic E-state index is 12.7. The van der Waals surface area contributed by atoms with Gasteiger partial charge in [-0.3, -0.25) is 4.79 Å². The smallest absolute Gasteiger partial charge is 0.193 e. The average Bonchev–Trinajstić information content (AvgIpc) is 2.88. The van der Waals surface area contributed by atoms with Gasteiger partial charge in [0.25, 0.3) is 0 Å². The van der Waals surface area contributed by atoms with Crippen molar-refractivity contribution in [2.75, 3.05) is 0 Å². The van der Waals surface area contributed by atoms with Crippen LogP contribution in [0.3, 0.4) is 0 Å². The van der Waals surface area contributed by atoms with Crippen LogP contribution in [0.15, 0.2) is 117 Å². The Morgan fingerprint density at radius 3 is 2.00 bits per heavy atom. The van der Waals surface area contributed by atoms with Gasteiger partial charge in [0, 0.05) is 16.1 Å². The number of benzene rings is 4. The third-order valence-electron chi connectivity index (χ3n) is 5.39. The van der Waals surface area contributed by atoms with Crippen molar-refractivity contribution in [2.45, 2.75) is 13.2 Å². The normalized spacial score (nSPS) is 10.9. The van der Waals surface area contributed by atoms with Gasteiger partial charge >= 0.3 is 0 Å². The van der Waals surface area contributed by atoms with Gasteiger partial charge < -0.3 is 13.9 Å². The second-order valence-corrected chi connectivity index (χ2v) is 8.74. The molecule has 0 spiro atoms. The van der Waals surface area contributed by atoms with Crippen molar-refractivity contribution >= 4 is 26.9 Å². The van der Waals surface area contributed by atoms with Gasteiger partial charge in [0.2, 0.25) is 0 Å². The molecule has 0 bridgehead atoms. The topological polar surface area (TPSA) is 48.7 Å². The minimum Gasteiger partial charge on any atom is -0.485 e. The molecule has 0 aliphatic heterocycles. The third kappa shape index (κ3) is 5.05. The Kier molecular flexibility index (Phi) is 6.45. The first-order valence-electron chi connectivity index (χ1n) is 10.9. The summed E-state index contributed by atoms with van der Waals surface area (Å²) in [5.41, 5.74) is 3.27. The molecule has 0 radical (unpaired) electrons. The number of halogens is 1. The summed E-state index contributed by atoms with van der Waals surface area (Å²) in [6, 6.07) is 32.4. The van der Waals surface area contributed by atoms with Crippen molar-refractivity contribution < 1.29 is 13.9 Å². The summed E-state index contributed by atoms with van der Waals surface area (Å²) >= 11 is 3.40. The predicted octanol–water partition coefficient (Wildman–Crippen LogP) is 7.38. The van der Waals surface area contributed by atoms with E-state index < -0.39 is 0 Å². The molecule has 34 heavy (non-hydrogen) atoms. The molecule has 0 atom stereocenters. The number of ether oxygens (including phenoxy) is 2. The molecule has 0 saturated carbocycles. The Labute approximate surface area is 205 Å². The molecular weight excluding hydrogens is 492 g/mol. The molecule has 5 rings (SSSR count). The van der Waals surface area contributed by atoms with Crippen molar-refractivity contribution in [1.29, 1.82) is 0 Å². The standard InChI is InChI=1S/C29H21BrO4/c30-23-12-14-26-24(16-23)25(31)17-28(34-26)22-11-13-27(32-18-20-7-3-1-4-8-20)29(15-22)33-19-21-9-5-2-6-10-21/h1-17H,18-19H2. The number of hydrogen-bond acceptors (Lipinski definition) is 4. The highest BCUT2D eigenvalue weighted by Crippen LogP contribution is 2.34. The lowest BCUT2D eigenvalue weighted by molar-refractivity contribution is 0.256. The monoisotopic (exact) mass is 512 g/mol. The van der Waals surface area contributed by atoms with Crippen LogP contribution >= 0.6 is 15.9 Å². The lowest BCUT2D eigenvalue weighted by Crippen LogP contribution is -2.02.